The molecule has 0 radical (unpaired) electrons. The van der Waals surface area contributed by atoms with E-state index in [1.165, 1.54) is 43.4 Å². The van der Waals surface area contributed by atoms with Crippen molar-refractivity contribution in [1.29, 1.82) is 0 Å². The van der Waals surface area contributed by atoms with Crippen LogP contribution in [0.4, 0.5) is 0 Å². The van der Waals surface area contributed by atoms with Crippen LogP contribution in [0.1, 0.15) is 17.4 Å². The minimum absolute atomic E-state index is 0.524. The maximum atomic E-state index is 5.32. The zero-order valence-corrected chi connectivity index (χ0v) is 24.4. The molecule has 1 aliphatic heterocycles. The van der Waals surface area contributed by atoms with Crippen LogP contribution in [0.2, 0.25) is 0 Å². The Bertz CT molecular complexity index is 2380. The molecule has 1 aromatic heterocycles. The molecule has 0 bridgehead atoms. The summed E-state index contributed by atoms with van der Waals surface area (Å²) in [6.45, 7) is 0. The van der Waals surface area contributed by atoms with E-state index < -0.39 is 6.29 Å². The van der Waals surface area contributed by atoms with Gasteiger partial charge < -0.3 is 5.32 Å². The van der Waals surface area contributed by atoms with Gasteiger partial charge in [-0.15, -0.1) is 0 Å². The van der Waals surface area contributed by atoms with E-state index in [0.29, 0.717) is 0 Å². The average molecular weight is 577 g/mol. The normalized spacial score (nSPS) is 13.7. The maximum absolute atomic E-state index is 5.32. The Morgan fingerprint density at radius 1 is 0.422 bits per heavy atom. The van der Waals surface area contributed by atoms with Crippen LogP contribution in [0, 0.1) is 0 Å². The fraction of sp³-hybridized carbons (Fsp3) is 0.0244. The number of aromatic nitrogens is 1. The summed E-state index contributed by atoms with van der Waals surface area (Å²) in [5.74, 6) is 1.60. The molecule has 1 N–H and O–H groups in total. The van der Waals surface area contributed by atoms with Gasteiger partial charge in [-0.25, -0.2) is 9.98 Å². The molecule has 1 aliphatic rings. The number of nitrogens with zero attached hydrogens (tertiary/aromatic N) is 3. The molecular weight excluding hydrogens is 548 g/mol. The lowest BCUT2D eigenvalue weighted by atomic mass is 9.96. The van der Waals surface area contributed by atoms with Gasteiger partial charge in [0.15, 0.2) is 0 Å². The number of nitrogens with one attached hydrogen (secondary N) is 1. The number of amidine groups is 2. The van der Waals surface area contributed by atoms with Gasteiger partial charge in [-0.05, 0) is 39.4 Å². The Hall–Kier alpha value is -6.00. The lowest BCUT2D eigenvalue weighted by Crippen LogP contribution is -2.36. The molecule has 0 atom stereocenters. The molecule has 0 amide bonds. The van der Waals surface area contributed by atoms with Gasteiger partial charge in [-0.3, -0.25) is 4.57 Å². The van der Waals surface area contributed by atoms with Crippen LogP contribution in [-0.2, 0) is 0 Å². The Morgan fingerprint density at radius 2 is 0.911 bits per heavy atom. The SMILES string of the molecule is c1ccc(C2=NC(n3c4ccc(-c5ccccc5)cc4c4c5ccccc5c5ccccc5c43)N=C(c3ccccc3)N2)cc1. The van der Waals surface area contributed by atoms with Gasteiger partial charge in [0.1, 0.15) is 11.7 Å². The van der Waals surface area contributed by atoms with E-state index in [0.717, 1.165) is 33.8 Å². The van der Waals surface area contributed by atoms with Crippen molar-refractivity contribution in [2.75, 3.05) is 0 Å². The second kappa shape index (κ2) is 10.3. The molecule has 0 unspecified atom stereocenters. The fourth-order valence-corrected chi connectivity index (χ4v) is 6.80. The highest BCUT2D eigenvalue weighted by Gasteiger charge is 2.26. The van der Waals surface area contributed by atoms with Crippen LogP contribution in [-0.4, -0.2) is 16.2 Å². The quantitative estimate of drug-likeness (QED) is 0.208. The van der Waals surface area contributed by atoms with Crippen LogP contribution in [0.3, 0.4) is 0 Å². The van der Waals surface area contributed by atoms with Crippen LogP contribution >= 0.6 is 0 Å². The monoisotopic (exact) mass is 576 g/mol. The predicted octanol–water partition coefficient (Wildman–Crippen LogP) is 9.72. The molecule has 7 aromatic carbocycles. The average Bonchev–Trinajstić information content (AvgIpc) is 3.48. The molecule has 4 heteroatoms. The molecule has 212 valence electrons. The molecule has 0 fully saturated rings. The van der Waals surface area contributed by atoms with Crippen LogP contribution in [0.25, 0.3) is 54.5 Å². The highest BCUT2D eigenvalue weighted by atomic mass is 15.3. The van der Waals surface area contributed by atoms with Crippen molar-refractivity contribution >= 4 is 55.0 Å². The van der Waals surface area contributed by atoms with Gasteiger partial charge in [0.05, 0.1) is 11.0 Å². The molecule has 45 heavy (non-hydrogen) atoms. The summed E-state index contributed by atoms with van der Waals surface area (Å²) in [4.78, 5) is 10.6. The number of hydrogen-bond acceptors (Lipinski definition) is 3. The Kier molecular flexibility index (Phi) is 5.85. The largest absolute Gasteiger partial charge is 0.324 e. The molecular formula is C41H28N4. The first-order chi connectivity index (χ1) is 22.3. The van der Waals surface area contributed by atoms with Gasteiger partial charge in [0.2, 0.25) is 6.29 Å². The lowest BCUT2D eigenvalue weighted by molar-refractivity contribution is 0.576. The Balaban J connectivity index is 1.42. The van der Waals surface area contributed by atoms with E-state index in [2.05, 4.69) is 131 Å². The van der Waals surface area contributed by atoms with E-state index in [1.807, 2.05) is 36.4 Å². The molecule has 9 rings (SSSR count). The van der Waals surface area contributed by atoms with Crippen molar-refractivity contribution in [3.63, 3.8) is 0 Å². The first-order valence-corrected chi connectivity index (χ1v) is 15.3. The zero-order chi connectivity index (χ0) is 29.7. The standard InChI is InChI=1S/C41H28N4/c1-4-14-27(15-5-1)30-24-25-36-35(26-30)37-33-22-12-10-20-31(33)32-21-11-13-23-34(32)38(37)45(36)41-43-39(28-16-6-2-7-17-28)42-40(44-41)29-18-8-3-9-19-29/h1-26,41H,(H,42,43,44). The van der Waals surface area contributed by atoms with E-state index in [-0.39, 0.29) is 0 Å². The van der Waals surface area contributed by atoms with Crippen molar-refractivity contribution in [1.82, 2.24) is 9.88 Å². The summed E-state index contributed by atoms with van der Waals surface area (Å²) in [5, 5.41) is 10.9. The number of rotatable bonds is 4. The van der Waals surface area contributed by atoms with E-state index in [9.17, 15) is 0 Å². The van der Waals surface area contributed by atoms with Crippen molar-refractivity contribution in [2.24, 2.45) is 9.98 Å². The van der Waals surface area contributed by atoms with Crippen LogP contribution in [0.5, 0.6) is 0 Å². The van der Waals surface area contributed by atoms with Gasteiger partial charge in [-0.2, -0.15) is 0 Å². The second-order valence-corrected chi connectivity index (χ2v) is 11.4. The third-order valence-electron chi connectivity index (χ3n) is 8.83. The molecule has 0 saturated carbocycles. The molecule has 8 aromatic rings. The molecule has 2 heterocycles. The molecule has 0 spiro atoms. The summed E-state index contributed by atoms with van der Waals surface area (Å²) in [5.41, 5.74) is 6.67. The van der Waals surface area contributed by atoms with Crippen molar-refractivity contribution < 1.29 is 0 Å². The number of benzene rings is 7. The van der Waals surface area contributed by atoms with E-state index in [1.54, 1.807) is 0 Å². The topological polar surface area (TPSA) is 41.7 Å². The number of aliphatic imine (C=N–C) groups is 2. The minimum atomic E-state index is -0.524. The Morgan fingerprint density at radius 3 is 1.51 bits per heavy atom. The first-order valence-electron chi connectivity index (χ1n) is 15.3. The smallest absolute Gasteiger partial charge is 0.225 e. The summed E-state index contributed by atoms with van der Waals surface area (Å²) >= 11 is 0. The molecule has 0 saturated heterocycles. The van der Waals surface area contributed by atoms with Crippen molar-refractivity contribution in [3.8, 4) is 11.1 Å². The minimum Gasteiger partial charge on any atom is -0.324 e. The van der Waals surface area contributed by atoms with Crippen LogP contribution < -0.4 is 5.32 Å². The highest BCUT2D eigenvalue weighted by molar-refractivity contribution is 6.32. The summed E-state index contributed by atoms with van der Waals surface area (Å²) in [6.07, 6.45) is -0.524. The summed E-state index contributed by atoms with van der Waals surface area (Å²) < 4.78 is 2.35. The number of hydrogen-bond donors (Lipinski definition) is 1. The molecule has 4 nitrogen and oxygen atoms in total. The third kappa shape index (κ3) is 4.15. The van der Waals surface area contributed by atoms with Crippen LogP contribution in [0.15, 0.2) is 168 Å². The molecule has 0 aliphatic carbocycles. The van der Waals surface area contributed by atoms with E-state index in [4.69, 9.17) is 9.98 Å². The van der Waals surface area contributed by atoms with Crippen molar-refractivity contribution in [2.45, 2.75) is 6.29 Å². The van der Waals surface area contributed by atoms with Gasteiger partial charge in [0, 0.05) is 27.3 Å². The lowest BCUT2D eigenvalue weighted by Gasteiger charge is -2.24. The zero-order valence-electron chi connectivity index (χ0n) is 24.4. The van der Waals surface area contributed by atoms with Gasteiger partial charge in [0.25, 0.3) is 0 Å². The second-order valence-electron chi connectivity index (χ2n) is 11.4. The van der Waals surface area contributed by atoms with Crippen molar-refractivity contribution in [3.05, 3.63) is 169 Å². The van der Waals surface area contributed by atoms with Gasteiger partial charge >= 0.3 is 0 Å². The summed E-state index contributed by atoms with van der Waals surface area (Å²) in [7, 11) is 0. The Labute approximate surface area is 260 Å². The maximum Gasteiger partial charge on any atom is 0.225 e. The predicted molar refractivity (Wildman–Crippen MR) is 188 cm³/mol. The fourth-order valence-electron chi connectivity index (χ4n) is 6.80. The van der Waals surface area contributed by atoms with E-state index >= 15 is 0 Å². The number of fused-ring (bicyclic) bond motifs is 8. The third-order valence-corrected chi connectivity index (χ3v) is 8.83. The highest BCUT2D eigenvalue weighted by Crippen LogP contribution is 2.44. The van der Waals surface area contributed by atoms with Gasteiger partial charge in [-0.1, -0.05) is 146 Å². The summed E-state index contributed by atoms with van der Waals surface area (Å²) in [6, 6.07) is 55.6. The first kappa shape index (κ1) is 25.5.